The summed E-state index contributed by atoms with van der Waals surface area (Å²) in [5.74, 6) is -9.01. The predicted octanol–water partition coefficient (Wildman–Crippen LogP) is -5.47. The van der Waals surface area contributed by atoms with Gasteiger partial charge in [0, 0.05) is 75.2 Å². The molecule has 0 spiro atoms. The maximum atomic E-state index is 14.6. The Kier molecular flexibility index (Phi) is 26.7. The van der Waals surface area contributed by atoms with Crippen LogP contribution in [0.4, 0.5) is 0 Å². The van der Waals surface area contributed by atoms with Crippen LogP contribution in [0.5, 0.6) is 11.5 Å². The Balaban J connectivity index is 0.0000123. The van der Waals surface area contributed by atoms with Gasteiger partial charge in [-0.3, -0.25) is 38.6 Å². The van der Waals surface area contributed by atoms with E-state index in [4.69, 9.17) is 26.1 Å². The molecule has 5 aromatic rings. The van der Waals surface area contributed by atoms with Crippen molar-refractivity contribution in [1.29, 1.82) is 0 Å². The average molecular weight is 1340 g/mol. The van der Waals surface area contributed by atoms with Gasteiger partial charge in [-0.05, 0) is 80.3 Å². The van der Waals surface area contributed by atoms with Gasteiger partial charge >= 0.3 is 29.6 Å². The van der Waals surface area contributed by atoms with E-state index in [0.29, 0.717) is 27.8 Å². The van der Waals surface area contributed by atoms with Crippen molar-refractivity contribution in [1.82, 2.24) is 51.0 Å². The van der Waals surface area contributed by atoms with Crippen molar-refractivity contribution >= 4 is 68.7 Å². The Morgan fingerprint density at radius 2 is 1.49 bits per heavy atom. The second-order valence-electron chi connectivity index (χ2n) is 22.6. The number of ether oxygens (including phenoxy) is 2. The number of carbonyl (C=O) groups is 7. The number of nitrogens with zero attached hydrogens (tertiary/aromatic N) is 6. The summed E-state index contributed by atoms with van der Waals surface area (Å²) in [4.78, 5) is 111. The molecule has 14 atom stereocenters. The summed E-state index contributed by atoms with van der Waals surface area (Å²) in [6.45, 7) is 8.83. The van der Waals surface area contributed by atoms with Gasteiger partial charge in [-0.2, -0.15) is 5.10 Å². The number of unbranched alkanes of at least 4 members (excludes halogenated alkanes) is 3. The van der Waals surface area contributed by atoms with E-state index in [-0.39, 0.29) is 47.2 Å². The monoisotopic (exact) mass is 1340 g/mol. The second kappa shape index (κ2) is 33.8. The number of aromatic hydroxyl groups is 1. The Morgan fingerprint density at radius 1 is 0.828 bits per heavy atom. The molecule has 496 valence electrons. The molecule has 8 unspecified atom stereocenters. The van der Waals surface area contributed by atoms with Crippen LogP contribution in [0.15, 0.2) is 77.8 Å². The first kappa shape index (κ1) is 73.3. The summed E-state index contributed by atoms with van der Waals surface area (Å²) < 4.78 is 29.2. The number of carbonyl (C=O) groups excluding carboxylic acids is 7. The number of rotatable bonds is 21. The van der Waals surface area contributed by atoms with Crippen LogP contribution in [-0.4, -0.2) is 225 Å². The minimum atomic E-state index is -2.73. The first-order valence-corrected chi connectivity index (χ1v) is 31.3. The van der Waals surface area contributed by atoms with E-state index >= 15 is 0 Å². The van der Waals surface area contributed by atoms with Gasteiger partial charge < -0.3 is 91.7 Å². The molecule has 0 bridgehead atoms. The van der Waals surface area contributed by atoms with Crippen molar-refractivity contribution in [2.45, 2.75) is 137 Å². The van der Waals surface area contributed by atoms with Crippen LogP contribution in [-0.2, 0) is 60.4 Å². The van der Waals surface area contributed by atoms with E-state index in [1.165, 1.54) is 36.5 Å². The van der Waals surface area contributed by atoms with Crippen molar-refractivity contribution in [3.63, 3.8) is 0 Å². The summed E-state index contributed by atoms with van der Waals surface area (Å²) in [6.07, 6.45) is -6.91. The predicted molar refractivity (Wildman–Crippen MR) is 321 cm³/mol. The number of hydrogen-bond donors (Lipinski definition) is 12. The molecule has 0 aliphatic carbocycles. The fourth-order valence-corrected chi connectivity index (χ4v) is 12.4. The molecule has 0 radical (unpaired) electrons. The fourth-order valence-electron chi connectivity index (χ4n) is 10.9. The SMILES string of the molecule is [C-]#[N+]C[C@@H](O)[C@@H]1NC(=O)C([C@H](O)Cc2ccc(O)c(S(=O)OO[O-])c2)NC(=O)C2CC(O)CN2C(=O)C(C(C)O)NC(=O)[C@@H](NC(=O)c2ccc(-c3cn4nc(-c5ccc(OCCCCCCOC)cc5)sc4n3)cc2)C[C@H](O)CNC(=O)C2[C@@H](O)C(C)CN2C1=O.[Na+]. The minimum Gasteiger partial charge on any atom is -0.691 e. The summed E-state index contributed by atoms with van der Waals surface area (Å²) in [5, 5.41) is 110. The maximum Gasteiger partial charge on any atom is 1.00 e. The molecule has 3 aliphatic rings. The maximum absolute atomic E-state index is 14.6. The van der Waals surface area contributed by atoms with Crippen LogP contribution >= 0.6 is 11.3 Å². The van der Waals surface area contributed by atoms with Crippen LogP contribution in [0.2, 0.25) is 0 Å². The minimum absolute atomic E-state index is 0. The van der Waals surface area contributed by atoms with Gasteiger partial charge in [0.2, 0.25) is 58.0 Å². The Labute approximate surface area is 561 Å². The Morgan fingerprint density at radius 3 is 2.16 bits per heavy atom. The molecule has 3 aliphatic heterocycles. The topological polar surface area (TPSA) is 439 Å². The van der Waals surface area contributed by atoms with E-state index in [0.717, 1.165) is 72.5 Å². The van der Waals surface area contributed by atoms with Gasteiger partial charge in [0.1, 0.15) is 57.7 Å². The molecule has 3 saturated heterocycles. The third kappa shape index (κ3) is 18.4. The summed E-state index contributed by atoms with van der Waals surface area (Å²) in [5.41, 5.74) is 1.91. The number of nitrogens with one attached hydrogen (secondary N) is 5. The average Bonchev–Trinajstić information content (AvgIpc) is 1.69. The van der Waals surface area contributed by atoms with Gasteiger partial charge in [-0.1, -0.05) is 42.9 Å². The number of benzene rings is 3. The molecule has 12 N–H and O–H groups in total. The molecule has 34 heteroatoms. The van der Waals surface area contributed by atoms with Crippen molar-refractivity contribution in [2.24, 2.45) is 5.92 Å². The first-order valence-electron chi connectivity index (χ1n) is 29.4. The van der Waals surface area contributed by atoms with Crippen molar-refractivity contribution in [2.75, 3.05) is 46.5 Å². The van der Waals surface area contributed by atoms with Crippen LogP contribution in [0.3, 0.4) is 0 Å². The number of aliphatic hydroxyl groups excluding tert-OH is 6. The van der Waals surface area contributed by atoms with Crippen molar-refractivity contribution in [3.05, 3.63) is 95.5 Å². The number of aromatic nitrogens is 3. The van der Waals surface area contributed by atoms with Gasteiger partial charge in [0.25, 0.3) is 5.91 Å². The van der Waals surface area contributed by atoms with E-state index in [9.17, 15) is 78.8 Å². The molecular formula is C59H72N11NaO20S2. The molecule has 2 aromatic heterocycles. The third-order valence-electron chi connectivity index (χ3n) is 15.9. The molecule has 93 heavy (non-hydrogen) atoms. The number of phenolic OH excluding ortho intramolecular Hbond substituents is 1. The van der Waals surface area contributed by atoms with Crippen molar-refractivity contribution < 1.29 is 127 Å². The molecule has 3 aromatic carbocycles. The molecule has 31 nitrogen and oxygen atoms in total. The summed E-state index contributed by atoms with van der Waals surface area (Å²) >= 11 is -1.38. The number of β-amino-alcohol motifs (C(OH)–C–C–N with tert-alkyl or cyclic N) is 1. The zero-order valence-electron chi connectivity index (χ0n) is 51.1. The van der Waals surface area contributed by atoms with Crippen LogP contribution in [0, 0.1) is 12.5 Å². The van der Waals surface area contributed by atoms with E-state index in [2.05, 4.69) is 40.8 Å². The van der Waals surface area contributed by atoms with Gasteiger partial charge in [0.05, 0.1) is 49.0 Å². The Hall–Kier alpha value is -7.11. The number of methoxy groups -OCH3 is 1. The molecule has 7 amide bonds. The van der Waals surface area contributed by atoms with E-state index in [1.54, 1.807) is 30.0 Å². The smallest absolute Gasteiger partial charge is 0.691 e. The van der Waals surface area contributed by atoms with Crippen LogP contribution < -0.4 is 66.1 Å². The third-order valence-corrected chi connectivity index (χ3v) is 17.7. The standard InChI is InChI=1S/C59H73N11O20S2.Na/c1-30-27-69-49(50(30)77)55(82)61-25-36(72)23-39(62-51(78)34-12-10-33(11-13-34)40-29-70-59(63-40)91-56(67-70)35-14-16-38(17-15-35)88-20-8-6-5-7-19-87-4)52(79)64-46(31(2)71)57(83)68-28-37(73)24-41(68)53(80)65-47(54(81)66-48(58(69)84)44(76)26-60-3)43(75)21-32-9-18-42(74)45(22-32)92(86)90-89-85;/h9-18,22,29-31,36-37,39,41,43-44,46-50,71-77,85H,5-8,19-21,23-28H2,1-2,4H3,(H,61,82)(H,62,78)(H,64,79)(H,65,80)(H,66,81);/q;+1/p-1/t30?,31?,36-,37?,39-,41?,43+,44+,46?,47?,48-,49?,50-,92?;/m0./s1. The number of imidazole rings is 1. The van der Waals surface area contributed by atoms with Gasteiger partial charge in [-0.15, -0.1) is 4.33 Å². The first-order chi connectivity index (χ1) is 44.0. The van der Waals surface area contributed by atoms with Gasteiger partial charge in [-0.25, -0.2) is 20.3 Å². The van der Waals surface area contributed by atoms with Crippen molar-refractivity contribution in [3.8, 4) is 33.3 Å². The number of phenols is 1. The quantitative estimate of drug-likeness (QED) is 0.0107. The molecule has 5 heterocycles. The number of hydrogen-bond acceptors (Lipinski definition) is 23. The van der Waals surface area contributed by atoms with E-state index in [1.807, 2.05) is 24.3 Å². The molecule has 3 fully saturated rings. The number of fused-ring (bicyclic) bond motifs is 3. The zero-order valence-corrected chi connectivity index (χ0v) is 54.7. The largest absolute Gasteiger partial charge is 1.00 e. The molecular weight excluding hydrogens is 1270 g/mol. The van der Waals surface area contributed by atoms with Crippen LogP contribution in [0.1, 0.15) is 68.3 Å². The second-order valence-corrected chi connectivity index (χ2v) is 24.6. The number of amides is 7. The van der Waals surface area contributed by atoms with E-state index < -0.39 is 181 Å². The summed E-state index contributed by atoms with van der Waals surface area (Å²) in [6, 6.07) is 5.15. The fraction of sp³-hybridized carbons (Fsp3) is 0.492. The molecule has 8 rings (SSSR count). The van der Waals surface area contributed by atoms with Crippen LogP contribution in [0.25, 0.3) is 31.6 Å². The zero-order chi connectivity index (χ0) is 66.5. The molecule has 0 saturated carbocycles. The normalized spacial score (nSPS) is 24.8. The summed E-state index contributed by atoms with van der Waals surface area (Å²) in [7, 11) is 1.69. The Bertz CT molecular complexity index is 3470. The van der Waals surface area contributed by atoms with Gasteiger partial charge in [0.15, 0.2) is 6.10 Å². The number of aliphatic hydroxyl groups is 6.